The summed E-state index contributed by atoms with van der Waals surface area (Å²) >= 11 is 0. The molecule has 1 aliphatic carbocycles. The molecule has 0 aromatic heterocycles. The molecule has 0 radical (unpaired) electrons. The zero-order valence-corrected chi connectivity index (χ0v) is 12.6. The van der Waals surface area contributed by atoms with E-state index in [-0.39, 0.29) is 18.2 Å². The van der Waals surface area contributed by atoms with E-state index < -0.39 is 0 Å². The fraction of sp³-hybridized carbons (Fsp3) is 0.857. The van der Waals surface area contributed by atoms with Crippen molar-refractivity contribution in [3.63, 3.8) is 0 Å². The third-order valence-electron chi connectivity index (χ3n) is 4.49. The summed E-state index contributed by atoms with van der Waals surface area (Å²) in [5.74, 6) is 0.673. The number of hydrogen-bond acceptors (Lipinski definition) is 3. The number of amides is 3. The van der Waals surface area contributed by atoms with Crippen molar-refractivity contribution in [1.82, 2.24) is 15.1 Å². The first-order valence-corrected chi connectivity index (χ1v) is 7.39. The van der Waals surface area contributed by atoms with Crippen LogP contribution in [0.1, 0.15) is 32.6 Å². The summed E-state index contributed by atoms with van der Waals surface area (Å²) < 4.78 is 4.70. The molecule has 6 nitrogen and oxygen atoms in total. The van der Waals surface area contributed by atoms with Crippen molar-refractivity contribution in [2.24, 2.45) is 5.92 Å². The summed E-state index contributed by atoms with van der Waals surface area (Å²) in [6.45, 7) is 3.39. The number of likely N-dealkylation sites (tertiary alicyclic amines) is 1. The lowest BCUT2D eigenvalue weighted by atomic mass is 10.1. The molecule has 3 amide bonds. The van der Waals surface area contributed by atoms with Gasteiger partial charge in [-0.15, -0.1) is 0 Å². The van der Waals surface area contributed by atoms with E-state index in [1.54, 1.807) is 4.90 Å². The lowest BCUT2D eigenvalue weighted by Crippen LogP contribution is -2.51. The van der Waals surface area contributed by atoms with Crippen LogP contribution in [0, 0.1) is 5.92 Å². The Morgan fingerprint density at radius 3 is 2.35 bits per heavy atom. The van der Waals surface area contributed by atoms with Gasteiger partial charge in [0, 0.05) is 32.2 Å². The van der Waals surface area contributed by atoms with E-state index in [0.29, 0.717) is 25.0 Å². The summed E-state index contributed by atoms with van der Waals surface area (Å²) in [5.41, 5.74) is 0. The summed E-state index contributed by atoms with van der Waals surface area (Å²) in [5, 5.41) is 3.07. The smallest absolute Gasteiger partial charge is 0.409 e. The number of urea groups is 1. The molecule has 1 N–H and O–H groups in total. The topological polar surface area (TPSA) is 61.9 Å². The van der Waals surface area contributed by atoms with Gasteiger partial charge in [0.2, 0.25) is 0 Å². The molecule has 0 aromatic carbocycles. The van der Waals surface area contributed by atoms with Gasteiger partial charge in [-0.2, -0.15) is 0 Å². The second kappa shape index (κ2) is 6.33. The first-order valence-electron chi connectivity index (χ1n) is 7.39. The first-order chi connectivity index (χ1) is 9.52. The van der Waals surface area contributed by atoms with Gasteiger partial charge >= 0.3 is 12.1 Å². The molecule has 1 aliphatic heterocycles. The highest BCUT2D eigenvalue weighted by atomic mass is 16.5. The number of carbonyl (C=O) groups excluding carboxylic acids is 2. The largest absolute Gasteiger partial charge is 0.453 e. The lowest BCUT2D eigenvalue weighted by Gasteiger charge is -2.33. The van der Waals surface area contributed by atoms with Gasteiger partial charge in [0.15, 0.2) is 0 Å². The van der Waals surface area contributed by atoms with Crippen molar-refractivity contribution >= 4 is 12.1 Å². The Bertz CT molecular complexity index is 363. The van der Waals surface area contributed by atoms with Gasteiger partial charge in [-0.25, -0.2) is 9.59 Å². The Kier molecular flexibility index (Phi) is 4.73. The Morgan fingerprint density at radius 2 is 1.85 bits per heavy atom. The highest BCUT2D eigenvalue weighted by Crippen LogP contribution is 2.34. The molecule has 0 bridgehead atoms. The summed E-state index contributed by atoms with van der Waals surface area (Å²) in [4.78, 5) is 27.0. The summed E-state index contributed by atoms with van der Waals surface area (Å²) in [6, 6.07) is 0.461. The zero-order chi connectivity index (χ0) is 14.7. The normalized spacial score (nSPS) is 21.2. The zero-order valence-electron chi connectivity index (χ0n) is 12.6. The molecule has 2 aliphatic rings. The quantitative estimate of drug-likeness (QED) is 0.857. The number of nitrogens with zero attached hydrogens (tertiary/aromatic N) is 2. The molecule has 6 heteroatoms. The van der Waals surface area contributed by atoms with Crippen LogP contribution in [0.25, 0.3) is 0 Å². The van der Waals surface area contributed by atoms with Crippen LogP contribution in [0.4, 0.5) is 9.59 Å². The van der Waals surface area contributed by atoms with Crippen molar-refractivity contribution in [2.45, 2.75) is 44.7 Å². The molecule has 1 unspecified atom stereocenters. The highest BCUT2D eigenvalue weighted by Gasteiger charge is 2.33. The van der Waals surface area contributed by atoms with E-state index in [9.17, 15) is 9.59 Å². The number of hydrogen-bond donors (Lipinski definition) is 1. The van der Waals surface area contributed by atoms with Gasteiger partial charge < -0.3 is 19.9 Å². The number of ether oxygens (including phenoxy) is 1. The monoisotopic (exact) mass is 283 g/mol. The van der Waals surface area contributed by atoms with E-state index in [1.807, 2.05) is 11.9 Å². The fourth-order valence-corrected chi connectivity index (χ4v) is 2.69. The van der Waals surface area contributed by atoms with Gasteiger partial charge in [-0.1, -0.05) is 0 Å². The fourth-order valence-electron chi connectivity index (χ4n) is 2.69. The highest BCUT2D eigenvalue weighted by molar-refractivity contribution is 5.74. The Labute approximate surface area is 120 Å². The molecule has 2 rings (SSSR count). The molecule has 1 heterocycles. The predicted octanol–water partition coefficient (Wildman–Crippen LogP) is 1.66. The van der Waals surface area contributed by atoms with Crippen molar-refractivity contribution < 1.29 is 14.3 Å². The van der Waals surface area contributed by atoms with Crippen LogP contribution in [-0.2, 0) is 4.74 Å². The number of nitrogens with one attached hydrogen (secondary N) is 1. The number of rotatable bonds is 3. The van der Waals surface area contributed by atoms with E-state index in [1.165, 1.54) is 20.0 Å². The van der Waals surface area contributed by atoms with Crippen LogP contribution in [0.5, 0.6) is 0 Å². The molecular formula is C14H25N3O3. The average molecular weight is 283 g/mol. The van der Waals surface area contributed by atoms with E-state index in [0.717, 1.165) is 12.8 Å². The second-order valence-corrected chi connectivity index (χ2v) is 5.87. The molecule has 1 atom stereocenters. The first kappa shape index (κ1) is 14.9. The van der Waals surface area contributed by atoms with Gasteiger partial charge in [0.1, 0.15) is 0 Å². The maximum Gasteiger partial charge on any atom is 0.409 e. The van der Waals surface area contributed by atoms with E-state index in [4.69, 9.17) is 4.74 Å². The Balaban J connectivity index is 1.74. The third-order valence-corrected chi connectivity index (χ3v) is 4.49. The summed E-state index contributed by atoms with van der Waals surface area (Å²) in [7, 11) is 3.26. The predicted molar refractivity (Wildman–Crippen MR) is 75.5 cm³/mol. The molecule has 1 saturated carbocycles. The third kappa shape index (κ3) is 3.55. The van der Waals surface area contributed by atoms with Crippen molar-refractivity contribution in [3.05, 3.63) is 0 Å². The van der Waals surface area contributed by atoms with Crippen LogP contribution >= 0.6 is 0 Å². The molecule has 0 aromatic rings. The minimum absolute atomic E-state index is 0.000850. The molecule has 0 spiro atoms. The number of carbonyl (C=O) groups is 2. The van der Waals surface area contributed by atoms with Crippen molar-refractivity contribution in [2.75, 3.05) is 27.2 Å². The van der Waals surface area contributed by atoms with Crippen LogP contribution < -0.4 is 5.32 Å². The minimum Gasteiger partial charge on any atom is -0.453 e. The molecular weight excluding hydrogens is 258 g/mol. The number of piperidine rings is 1. The molecule has 1 saturated heterocycles. The van der Waals surface area contributed by atoms with Gasteiger partial charge in [-0.05, 0) is 38.5 Å². The Morgan fingerprint density at radius 1 is 1.25 bits per heavy atom. The van der Waals surface area contributed by atoms with Gasteiger partial charge in [-0.3, -0.25) is 0 Å². The molecule has 20 heavy (non-hydrogen) atoms. The molecule has 114 valence electrons. The SMILES string of the molecule is COC(=O)N1CCC(NC(=O)N(C)C(C)C2CC2)CC1. The number of methoxy groups -OCH3 is 1. The van der Waals surface area contributed by atoms with Crippen LogP contribution in [-0.4, -0.2) is 61.3 Å². The standard InChI is InChI=1S/C14H25N3O3/c1-10(11-4-5-11)16(2)13(18)15-12-6-8-17(9-7-12)14(19)20-3/h10-12H,4-9H2,1-3H3,(H,15,18). The van der Waals surface area contributed by atoms with Gasteiger partial charge in [0.05, 0.1) is 7.11 Å². The van der Waals surface area contributed by atoms with Gasteiger partial charge in [0.25, 0.3) is 0 Å². The van der Waals surface area contributed by atoms with Crippen LogP contribution in [0.3, 0.4) is 0 Å². The lowest BCUT2D eigenvalue weighted by molar-refractivity contribution is 0.109. The minimum atomic E-state index is -0.283. The maximum atomic E-state index is 12.2. The summed E-state index contributed by atoms with van der Waals surface area (Å²) in [6.07, 6.45) is 3.75. The van der Waals surface area contributed by atoms with Crippen LogP contribution in [0.15, 0.2) is 0 Å². The second-order valence-electron chi connectivity index (χ2n) is 5.87. The van der Waals surface area contributed by atoms with Crippen LogP contribution in [0.2, 0.25) is 0 Å². The maximum absolute atomic E-state index is 12.2. The van der Waals surface area contributed by atoms with E-state index >= 15 is 0 Å². The van der Waals surface area contributed by atoms with Crippen molar-refractivity contribution in [3.8, 4) is 0 Å². The molecule has 2 fully saturated rings. The average Bonchev–Trinajstić information content (AvgIpc) is 3.30. The Hall–Kier alpha value is -1.46. The van der Waals surface area contributed by atoms with Crippen molar-refractivity contribution in [1.29, 1.82) is 0 Å². The van der Waals surface area contributed by atoms with E-state index in [2.05, 4.69) is 12.2 Å².